The summed E-state index contributed by atoms with van der Waals surface area (Å²) < 4.78 is 1.08. The molecule has 3 nitrogen and oxygen atoms in total. The van der Waals surface area contributed by atoms with Crippen LogP contribution in [0.25, 0.3) is 0 Å². The van der Waals surface area contributed by atoms with Crippen LogP contribution < -0.4 is 11.1 Å². The van der Waals surface area contributed by atoms with E-state index in [1.54, 1.807) is 6.92 Å². The van der Waals surface area contributed by atoms with Gasteiger partial charge in [-0.2, -0.15) is 0 Å². The third-order valence-electron chi connectivity index (χ3n) is 3.44. The molecule has 0 aliphatic heterocycles. The van der Waals surface area contributed by atoms with Crippen molar-refractivity contribution >= 4 is 21.8 Å². The van der Waals surface area contributed by atoms with Crippen LogP contribution >= 0.6 is 15.9 Å². The maximum absolute atomic E-state index is 12.1. The van der Waals surface area contributed by atoms with E-state index in [2.05, 4.69) is 33.4 Å². The second-order valence-corrected chi connectivity index (χ2v) is 6.62. The molecule has 0 radical (unpaired) electrons. The number of benzene rings is 1. The zero-order valence-corrected chi connectivity index (χ0v) is 14.2. The summed E-state index contributed by atoms with van der Waals surface area (Å²) >= 11 is 3.42. The summed E-state index contributed by atoms with van der Waals surface area (Å²) in [4.78, 5) is 12.1. The predicted octanol–water partition coefficient (Wildman–Crippen LogP) is 3.40. The first-order chi connectivity index (χ1) is 9.35. The highest BCUT2D eigenvalue weighted by molar-refractivity contribution is 9.10. The number of hydrogen-bond donors (Lipinski definition) is 2. The summed E-state index contributed by atoms with van der Waals surface area (Å²) in [5.74, 6) is -0.0531. The molecular weight excluding hydrogens is 316 g/mol. The lowest BCUT2D eigenvalue weighted by atomic mass is 9.96. The van der Waals surface area contributed by atoms with E-state index in [1.165, 1.54) is 5.56 Å². The average Bonchev–Trinajstić information content (AvgIpc) is 2.38. The van der Waals surface area contributed by atoms with Crippen LogP contribution in [0.3, 0.4) is 0 Å². The van der Waals surface area contributed by atoms with Crippen molar-refractivity contribution in [1.82, 2.24) is 5.32 Å². The first-order valence-electron chi connectivity index (χ1n) is 7.19. The molecular formula is C16H25BrN2O. The molecule has 0 saturated heterocycles. The lowest BCUT2D eigenvalue weighted by molar-refractivity contribution is -0.126. The van der Waals surface area contributed by atoms with Crippen molar-refractivity contribution < 1.29 is 4.79 Å². The van der Waals surface area contributed by atoms with Crippen LogP contribution in [0.15, 0.2) is 28.7 Å². The molecule has 0 bridgehead atoms. The van der Waals surface area contributed by atoms with E-state index in [0.717, 1.165) is 23.7 Å². The van der Waals surface area contributed by atoms with E-state index >= 15 is 0 Å². The van der Waals surface area contributed by atoms with Crippen LogP contribution in [0.2, 0.25) is 0 Å². The fourth-order valence-corrected chi connectivity index (χ4v) is 2.39. The minimum absolute atomic E-state index is 0.0531. The highest BCUT2D eigenvalue weighted by Gasteiger charge is 2.27. The van der Waals surface area contributed by atoms with Crippen LogP contribution in [0, 0.1) is 0 Å². The van der Waals surface area contributed by atoms with Crippen molar-refractivity contribution in [2.24, 2.45) is 5.73 Å². The van der Waals surface area contributed by atoms with Gasteiger partial charge in [0.15, 0.2) is 0 Å². The molecule has 4 heteroatoms. The number of aryl methyl sites for hydroxylation is 1. The molecule has 0 saturated carbocycles. The van der Waals surface area contributed by atoms with Crippen molar-refractivity contribution in [2.75, 3.05) is 0 Å². The Morgan fingerprint density at radius 1 is 1.40 bits per heavy atom. The topological polar surface area (TPSA) is 55.1 Å². The van der Waals surface area contributed by atoms with Gasteiger partial charge in [0.2, 0.25) is 5.91 Å². The van der Waals surface area contributed by atoms with E-state index < -0.39 is 5.54 Å². The molecule has 0 aromatic heterocycles. The van der Waals surface area contributed by atoms with Gasteiger partial charge in [0.25, 0.3) is 0 Å². The SMILES string of the molecule is CCCC(C)(N)C(=O)NC(C)CCc1ccc(Br)cc1. The number of carbonyl (C=O) groups excluding carboxylic acids is 1. The third-order valence-corrected chi connectivity index (χ3v) is 3.97. The maximum Gasteiger partial charge on any atom is 0.240 e. The van der Waals surface area contributed by atoms with Crippen molar-refractivity contribution in [3.05, 3.63) is 34.3 Å². The smallest absolute Gasteiger partial charge is 0.240 e. The van der Waals surface area contributed by atoms with Crippen molar-refractivity contribution in [2.45, 2.75) is 58.0 Å². The lowest BCUT2D eigenvalue weighted by Gasteiger charge is -2.25. The van der Waals surface area contributed by atoms with Gasteiger partial charge in [0, 0.05) is 10.5 Å². The summed E-state index contributed by atoms with van der Waals surface area (Å²) in [6, 6.07) is 8.41. The Balaban J connectivity index is 2.41. The van der Waals surface area contributed by atoms with Gasteiger partial charge in [-0.05, 0) is 50.8 Å². The Labute approximate surface area is 130 Å². The molecule has 1 rings (SSSR count). The summed E-state index contributed by atoms with van der Waals surface area (Å²) in [7, 11) is 0. The highest BCUT2D eigenvalue weighted by Crippen LogP contribution is 2.13. The molecule has 1 amide bonds. The van der Waals surface area contributed by atoms with Crippen LogP contribution in [-0.2, 0) is 11.2 Å². The molecule has 0 fully saturated rings. The van der Waals surface area contributed by atoms with Crippen LogP contribution in [0.5, 0.6) is 0 Å². The number of nitrogens with one attached hydrogen (secondary N) is 1. The van der Waals surface area contributed by atoms with Crippen LogP contribution in [0.1, 0.15) is 45.6 Å². The van der Waals surface area contributed by atoms with Crippen molar-refractivity contribution in [3.8, 4) is 0 Å². The Hall–Kier alpha value is -0.870. The maximum atomic E-state index is 12.1. The summed E-state index contributed by atoms with van der Waals surface area (Å²) in [5, 5.41) is 3.01. The van der Waals surface area contributed by atoms with E-state index in [-0.39, 0.29) is 11.9 Å². The first kappa shape index (κ1) is 17.2. The molecule has 112 valence electrons. The number of rotatable bonds is 7. The fourth-order valence-electron chi connectivity index (χ4n) is 2.13. The highest BCUT2D eigenvalue weighted by atomic mass is 79.9. The molecule has 0 heterocycles. The summed E-state index contributed by atoms with van der Waals surface area (Å²) in [6.07, 6.45) is 3.48. The van der Waals surface area contributed by atoms with E-state index in [4.69, 9.17) is 5.73 Å². The monoisotopic (exact) mass is 340 g/mol. The minimum atomic E-state index is -0.763. The number of halogens is 1. The molecule has 1 aromatic rings. The van der Waals surface area contributed by atoms with Gasteiger partial charge in [-0.15, -0.1) is 0 Å². The van der Waals surface area contributed by atoms with Gasteiger partial charge >= 0.3 is 0 Å². The molecule has 0 spiro atoms. The Morgan fingerprint density at radius 2 is 2.00 bits per heavy atom. The van der Waals surface area contributed by atoms with Crippen molar-refractivity contribution in [1.29, 1.82) is 0 Å². The molecule has 2 unspecified atom stereocenters. The second-order valence-electron chi connectivity index (χ2n) is 5.71. The molecule has 3 N–H and O–H groups in total. The Morgan fingerprint density at radius 3 is 2.55 bits per heavy atom. The van der Waals surface area contributed by atoms with Gasteiger partial charge in [0.05, 0.1) is 5.54 Å². The largest absolute Gasteiger partial charge is 0.352 e. The van der Waals surface area contributed by atoms with Gasteiger partial charge in [0.1, 0.15) is 0 Å². The van der Waals surface area contributed by atoms with Crippen molar-refractivity contribution in [3.63, 3.8) is 0 Å². The zero-order valence-electron chi connectivity index (χ0n) is 12.6. The molecule has 20 heavy (non-hydrogen) atoms. The number of hydrogen-bond acceptors (Lipinski definition) is 2. The fraction of sp³-hybridized carbons (Fsp3) is 0.562. The van der Waals surface area contributed by atoms with Crippen LogP contribution in [-0.4, -0.2) is 17.5 Å². The summed E-state index contributed by atoms with van der Waals surface area (Å²) in [5.41, 5.74) is 6.54. The van der Waals surface area contributed by atoms with Gasteiger partial charge in [-0.1, -0.05) is 41.4 Å². The molecule has 0 aliphatic rings. The number of amides is 1. The number of carbonyl (C=O) groups is 1. The lowest BCUT2D eigenvalue weighted by Crippen LogP contribution is -2.53. The average molecular weight is 341 g/mol. The molecule has 1 aromatic carbocycles. The summed E-state index contributed by atoms with van der Waals surface area (Å²) in [6.45, 7) is 5.86. The molecule has 2 atom stereocenters. The minimum Gasteiger partial charge on any atom is -0.352 e. The second kappa shape index (κ2) is 7.79. The van der Waals surface area contributed by atoms with E-state index in [9.17, 15) is 4.79 Å². The zero-order chi connectivity index (χ0) is 15.2. The van der Waals surface area contributed by atoms with Gasteiger partial charge in [-0.25, -0.2) is 0 Å². The van der Waals surface area contributed by atoms with E-state index in [0.29, 0.717) is 6.42 Å². The van der Waals surface area contributed by atoms with Crippen LogP contribution in [0.4, 0.5) is 0 Å². The predicted molar refractivity (Wildman–Crippen MR) is 87.6 cm³/mol. The number of nitrogens with two attached hydrogens (primary N) is 1. The van der Waals surface area contributed by atoms with Gasteiger partial charge < -0.3 is 11.1 Å². The molecule has 0 aliphatic carbocycles. The quantitative estimate of drug-likeness (QED) is 0.799. The standard InChI is InChI=1S/C16H25BrN2O/c1-4-11-16(3,18)15(20)19-12(2)5-6-13-7-9-14(17)10-8-13/h7-10,12H,4-6,11,18H2,1-3H3,(H,19,20). The van der Waals surface area contributed by atoms with Gasteiger partial charge in [-0.3, -0.25) is 4.79 Å². The third kappa shape index (κ3) is 5.63. The Kier molecular flexibility index (Phi) is 6.69. The first-order valence-corrected chi connectivity index (χ1v) is 7.98. The Bertz CT molecular complexity index is 429. The van der Waals surface area contributed by atoms with E-state index in [1.807, 2.05) is 26.0 Å². The normalized spacial score (nSPS) is 15.4.